The van der Waals surface area contributed by atoms with Crippen molar-refractivity contribution >= 4 is 5.96 Å². The predicted molar refractivity (Wildman–Crippen MR) is 107 cm³/mol. The number of likely N-dealkylation sites (tertiary alicyclic amines) is 1. The molecule has 0 aliphatic carbocycles. The van der Waals surface area contributed by atoms with Gasteiger partial charge in [-0.05, 0) is 17.5 Å². The van der Waals surface area contributed by atoms with E-state index in [1.165, 1.54) is 5.56 Å². The Bertz CT molecular complexity index is 719. The molecule has 1 saturated heterocycles. The third-order valence-corrected chi connectivity index (χ3v) is 4.76. The minimum atomic E-state index is 0.505. The zero-order valence-corrected chi connectivity index (χ0v) is 16.1. The van der Waals surface area contributed by atoms with Gasteiger partial charge in [0, 0.05) is 52.0 Å². The molecule has 144 valence electrons. The average molecular weight is 368 g/mol. The molecule has 6 heteroatoms. The molecular formula is C21H28N4O2. The largest absolute Gasteiger partial charge is 0.475 e. The predicted octanol–water partition coefficient (Wildman–Crippen LogP) is 2.67. The highest BCUT2D eigenvalue weighted by Crippen LogP contribution is 2.26. The standard InChI is InChI=1S/C21H28N4O2/c1-22-21(25-11-10-19(16-25)18-6-4-3-5-7-18)24-15-17-8-9-20(23-14-17)27-13-12-26-2/h3-9,14,19H,10-13,15-16H2,1-2H3,(H,22,24). The van der Waals surface area contributed by atoms with E-state index in [0.717, 1.165) is 31.0 Å². The van der Waals surface area contributed by atoms with Gasteiger partial charge in [0.1, 0.15) is 6.61 Å². The van der Waals surface area contributed by atoms with Crippen LogP contribution in [0, 0.1) is 0 Å². The van der Waals surface area contributed by atoms with E-state index in [1.807, 2.05) is 25.4 Å². The van der Waals surface area contributed by atoms with Crippen LogP contribution in [0.5, 0.6) is 5.88 Å². The number of ether oxygens (including phenoxy) is 2. The fraction of sp³-hybridized carbons (Fsp3) is 0.429. The molecule has 1 aromatic carbocycles. The van der Waals surface area contributed by atoms with E-state index in [9.17, 15) is 0 Å². The van der Waals surface area contributed by atoms with Gasteiger partial charge in [-0.25, -0.2) is 4.98 Å². The van der Waals surface area contributed by atoms with Crippen molar-refractivity contribution in [3.63, 3.8) is 0 Å². The molecule has 1 unspecified atom stereocenters. The first-order valence-electron chi connectivity index (χ1n) is 9.37. The Morgan fingerprint density at radius 1 is 1.22 bits per heavy atom. The molecule has 0 amide bonds. The van der Waals surface area contributed by atoms with Crippen molar-refractivity contribution < 1.29 is 9.47 Å². The molecule has 0 radical (unpaired) electrons. The topological polar surface area (TPSA) is 59.0 Å². The minimum absolute atomic E-state index is 0.505. The first-order chi connectivity index (χ1) is 13.3. The molecule has 0 bridgehead atoms. The van der Waals surface area contributed by atoms with E-state index in [0.29, 0.717) is 31.6 Å². The normalized spacial score (nSPS) is 17.2. The van der Waals surface area contributed by atoms with Crippen LogP contribution in [0.1, 0.15) is 23.5 Å². The van der Waals surface area contributed by atoms with Gasteiger partial charge in [0.25, 0.3) is 0 Å². The lowest BCUT2D eigenvalue weighted by Gasteiger charge is -2.22. The molecule has 1 fully saturated rings. The lowest BCUT2D eigenvalue weighted by Crippen LogP contribution is -2.39. The van der Waals surface area contributed by atoms with Crippen LogP contribution in [0.25, 0.3) is 0 Å². The highest BCUT2D eigenvalue weighted by atomic mass is 16.5. The van der Waals surface area contributed by atoms with E-state index < -0.39 is 0 Å². The Balaban J connectivity index is 1.49. The fourth-order valence-electron chi connectivity index (χ4n) is 3.29. The molecule has 2 heterocycles. The van der Waals surface area contributed by atoms with Crippen molar-refractivity contribution in [2.24, 2.45) is 4.99 Å². The number of pyridine rings is 1. The minimum Gasteiger partial charge on any atom is -0.475 e. The first kappa shape index (κ1) is 19.2. The molecule has 2 aromatic rings. The van der Waals surface area contributed by atoms with Crippen LogP contribution in [0.15, 0.2) is 53.7 Å². The Kier molecular flexibility index (Phi) is 7.04. The Morgan fingerprint density at radius 2 is 2.07 bits per heavy atom. The van der Waals surface area contributed by atoms with Gasteiger partial charge < -0.3 is 19.7 Å². The number of nitrogens with zero attached hydrogens (tertiary/aromatic N) is 3. The quantitative estimate of drug-likeness (QED) is 0.463. The van der Waals surface area contributed by atoms with E-state index >= 15 is 0 Å². The maximum Gasteiger partial charge on any atom is 0.213 e. The molecule has 1 aliphatic rings. The summed E-state index contributed by atoms with van der Waals surface area (Å²) < 4.78 is 10.5. The molecule has 1 aromatic heterocycles. The van der Waals surface area contributed by atoms with Crippen LogP contribution in [0.3, 0.4) is 0 Å². The van der Waals surface area contributed by atoms with Gasteiger partial charge in [0.15, 0.2) is 5.96 Å². The molecular weight excluding hydrogens is 340 g/mol. The second kappa shape index (κ2) is 9.92. The van der Waals surface area contributed by atoms with Crippen molar-refractivity contribution in [3.05, 3.63) is 59.8 Å². The molecule has 3 rings (SSSR count). The Morgan fingerprint density at radius 3 is 2.78 bits per heavy atom. The summed E-state index contributed by atoms with van der Waals surface area (Å²) in [5.41, 5.74) is 2.50. The molecule has 0 spiro atoms. The summed E-state index contributed by atoms with van der Waals surface area (Å²) in [6.07, 6.45) is 2.99. The lowest BCUT2D eigenvalue weighted by atomic mass is 9.99. The van der Waals surface area contributed by atoms with Crippen molar-refractivity contribution in [2.75, 3.05) is 40.5 Å². The summed E-state index contributed by atoms with van der Waals surface area (Å²) in [4.78, 5) is 11.1. The number of guanidine groups is 1. The van der Waals surface area contributed by atoms with Crippen molar-refractivity contribution in [1.82, 2.24) is 15.2 Å². The first-order valence-corrected chi connectivity index (χ1v) is 9.37. The van der Waals surface area contributed by atoms with Crippen LogP contribution < -0.4 is 10.1 Å². The van der Waals surface area contributed by atoms with Crippen LogP contribution in [0.4, 0.5) is 0 Å². The van der Waals surface area contributed by atoms with E-state index in [4.69, 9.17) is 9.47 Å². The van der Waals surface area contributed by atoms with Gasteiger partial charge >= 0.3 is 0 Å². The van der Waals surface area contributed by atoms with Crippen molar-refractivity contribution in [1.29, 1.82) is 0 Å². The second-order valence-electron chi connectivity index (χ2n) is 6.59. The highest BCUT2D eigenvalue weighted by Gasteiger charge is 2.25. The van der Waals surface area contributed by atoms with Crippen molar-refractivity contribution in [3.8, 4) is 5.88 Å². The average Bonchev–Trinajstić information content (AvgIpc) is 3.20. The summed E-state index contributed by atoms with van der Waals surface area (Å²) in [6.45, 7) is 3.76. The summed E-state index contributed by atoms with van der Waals surface area (Å²) in [5.74, 6) is 2.12. The number of hydrogen-bond donors (Lipinski definition) is 1. The highest BCUT2D eigenvalue weighted by molar-refractivity contribution is 5.80. The fourth-order valence-corrected chi connectivity index (χ4v) is 3.29. The smallest absolute Gasteiger partial charge is 0.213 e. The van der Waals surface area contributed by atoms with E-state index in [-0.39, 0.29) is 0 Å². The van der Waals surface area contributed by atoms with Crippen LogP contribution in [0.2, 0.25) is 0 Å². The van der Waals surface area contributed by atoms with Gasteiger partial charge in [-0.2, -0.15) is 0 Å². The van der Waals surface area contributed by atoms with Gasteiger partial charge in [0.05, 0.1) is 6.61 Å². The van der Waals surface area contributed by atoms with E-state index in [1.54, 1.807) is 7.11 Å². The molecule has 27 heavy (non-hydrogen) atoms. The van der Waals surface area contributed by atoms with Crippen LogP contribution in [-0.2, 0) is 11.3 Å². The summed E-state index contributed by atoms with van der Waals surface area (Å²) in [5, 5.41) is 3.45. The maximum absolute atomic E-state index is 5.49. The maximum atomic E-state index is 5.49. The van der Waals surface area contributed by atoms with Gasteiger partial charge in [-0.15, -0.1) is 0 Å². The van der Waals surface area contributed by atoms with Crippen LogP contribution >= 0.6 is 0 Å². The van der Waals surface area contributed by atoms with Gasteiger partial charge in [-0.1, -0.05) is 36.4 Å². The molecule has 1 N–H and O–H groups in total. The number of rotatable bonds is 7. The lowest BCUT2D eigenvalue weighted by molar-refractivity contribution is 0.143. The molecule has 1 atom stereocenters. The zero-order valence-electron chi connectivity index (χ0n) is 16.1. The van der Waals surface area contributed by atoms with E-state index in [2.05, 4.69) is 50.5 Å². The number of aromatic nitrogens is 1. The SMILES string of the molecule is CN=C(NCc1ccc(OCCOC)nc1)N1CCC(c2ccccc2)C1. The molecule has 6 nitrogen and oxygen atoms in total. The molecule has 0 saturated carbocycles. The van der Waals surface area contributed by atoms with Crippen molar-refractivity contribution in [2.45, 2.75) is 18.9 Å². The number of nitrogens with one attached hydrogen (secondary N) is 1. The third-order valence-electron chi connectivity index (χ3n) is 4.76. The van der Waals surface area contributed by atoms with Gasteiger partial charge in [-0.3, -0.25) is 4.99 Å². The summed E-state index contributed by atoms with van der Waals surface area (Å²) >= 11 is 0. The van der Waals surface area contributed by atoms with Gasteiger partial charge in [0.2, 0.25) is 5.88 Å². The number of aliphatic imine (C=N–C) groups is 1. The van der Waals surface area contributed by atoms with Crippen LogP contribution in [-0.4, -0.2) is 56.3 Å². The monoisotopic (exact) mass is 368 g/mol. The molecule has 1 aliphatic heterocycles. The Labute approximate surface area is 161 Å². The number of methoxy groups -OCH3 is 1. The zero-order chi connectivity index (χ0) is 18.9. The second-order valence-corrected chi connectivity index (χ2v) is 6.59. The summed E-state index contributed by atoms with van der Waals surface area (Å²) in [6, 6.07) is 14.6. The number of hydrogen-bond acceptors (Lipinski definition) is 4. The Hall–Kier alpha value is -2.60. The number of benzene rings is 1. The third kappa shape index (κ3) is 5.44. The summed E-state index contributed by atoms with van der Waals surface area (Å²) in [7, 11) is 3.49.